The van der Waals surface area contributed by atoms with Gasteiger partial charge in [0.15, 0.2) is 0 Å². The SMILES string of the molecule is c1ccc(-c2ccccc2Oc2c3ccccc3c(-c3ccccc3)c3cnccc23)cc1. The van der Waals surface area contributed by atoms with E-state index in [9.17, 15) is 0 Å². The smallest absolute Gasteiger partial charge is 0.143 e. The van der Waals surface area contributed by atoms with E-state index < -0.39 is 0 Å². The minimum absolute atomic E-state index is 0.833. The normalized spacial score (nSPS) is 11.0. The van der Waals surface area contributed by atoms with Crippen LogP contribution in [0.3, 0.4) is 0 Å². The lowest BCUT2D eigenvalue weighted by molar-refractivity contribution is 0.495. The summed E-state index contributed by atoms with van der Waals surface area (Å²) >= 11 is 0. The van der Waals surface area contributed by atoms with Crippen LogP contribution in [-0.2, 0) is 0 Å². The van der Waals surface area contributed by atoms with E-state index in [0.29, 0.717) is 0 Å². The van der Waals surface area contributed by atoms with Crippen molar-refractivity contribution in [3.63, 3.8) is 0 Å². The highest BCUT2D eigenvalue weighted by Crippen LogP contribution is 2.45. The summed E-state index contributed by atoms with van der Waals surface area (Å²) in [6.07, 6.45) is 3.78. The summed E-state index contributed by atoms with van der Waals surface area (Å²) in [4.78, 5) is 4.46. The van der Waals surface area contributed by atoms with Gasteiger partial charge in [0.2, 0.25) is 0 Å². The molecule has 33 heavy (non-hydrogen) atoms. The maximum absolute atomic E-state index is 6.75. The van der Waals surface area contributed by atoms with Crippen LogP contribution in [0.2, 0.25) is 0 Å². The summed E-state index contributed by atoms with van der Waals surface area (Å²) in [6, 6.07) is 39.6. The molecule has 0 fully saturated rings. The maximum atomic E-state index is 6.75. The Kier molecular flexibility index (Phi) is 4.82. The fourth-order valence-electron chi connectivity index (χ4n) is 4.53. The second-order valence-corrected chi connectivity index (χ2v) is 8.00. The Morgan fingerprint density at radius 1 is 0.485 bits per heavy atom. The molecule has 0 aliphatic rings. The molecule has 6 rings (SSSR count). The molecule has 0 saturated heterocycles. The highest BCUT2D eigenvalue weighted by Gasteiger charge is 2.18. The number of rotatable bonds is 4. The van der Waals surface area contributed by atoms with Gasteiger partial charge in [-0.05, 0) is 34.2 Å². The number of fused-ring (bicyclic) bond motifs is 2. The Bertz CT molecular complexity index is 1520. The van der Waals surface area contributed by atoms with E-state index in [2.05, 4.69) is 89.9 Å². The third-order valence-corrected chi connectivity index (χ3v) is 6.02. The van der Waals surface area contributed by atoms with E-state index in [-0.39, 0.29) is 0 Å². The minimum atomic E-state index is 0.833. The van der Waals surface area contributed by atoms with Crippen molar-refractivity contribution in [2.75, 3.05) is 0 Å². The number of ether oxygens (including phenoxy) is 1. The lowest BCUT2D eigenvalue weighted by atomic mass is 9.92. The average molecular weight is 424 g/mol. The molecule has 1 aromatic heterocycles. The van der Waals surface area contributed by atoms with Crippen molar-refractivity contribution in [3.05, 3.63) is 128 Å². The zero-order valence-electron chi connectivity index (χ0n) is 18.0. The number of hydrogen-bond acceptors (Lipinski definition) is 2. The Morgan fingerprint density at radius 2 is 1.09 bits per heavy atom. The molecule has 0 spiro atoms. The molecule has 0 N–H and O–H groups in total. The molecule has 0 unspecified atom stereocenters. The number of aromatic nitrogens is 1. The molecular weight excluding hydrogens is 402 g/mol. The van der Waals surface area contributed by atoms with Gasteiger partial charge >= 0.3 is 0 Å². The molecular formula is C31H21NO. The predicted molar refractivity (Wildman–Crippen MR) is 137 cm³/mol. The fraction of sp³-hybridized carbons (Fsp3) is 0. The van der Waals surface area contributed by atoms with Crippen LogP contribution in [0.25, 0.3) is 43.8 Å². The molecule has 6 aromatic rings. The van der Waals surface area contributed by atoms with Crippen molar-refractivity contribution in [1.29, 1.82) is 0 Å². The Labute approximate surface area is 192 Å². The molecule has 0 amide bonds. The van der Waals surface area contributed by atoms with Crippen molar-refractivity contribution in [2.45, 2.75) is 0 Å². The van der Waals surface area contributed by atoms with Gasteiger partial charge in [0.25, 0.3) is 0 Å². The molecule has 0 aliphatic heterocycles. The van der Waals surface area contributed by atoms with E-state index in [4.69, 9.17) is 4.74 Å². The van der Waals surface area contributed by atoms with Gasteiger partial charge in [-0.3, -0.25) is 4.98 Å². The molecule has 1 heterocycles. The summed E-state index contributed by atoms with van der Waals surface area (Å²) in [6.45, 7) is 0. The zero-order chi connectivity index (χ0) is 22.0. The highest BCUT2D eigenvalue weighted by molar-refractivity contribution is 6.16. The van der Waals surface area contributed by atoms with Crippen molar-refractivity contribution >= 4 is 21.5 Å². The molecule has 156 valence electrons. The summed E-state index contributed by atoms with van der Waals surface area (Å²) < 4.78 is 6.75. The van der Waals surface area contributed by atoms with Crippen LogP contribution < -0.4 is 4.74 Å². The number of hydrogen-bond donors (Lipinski definition) is 0. The van der Waals surface area contributed by atoms with Crippen molar-refractivity contribution in [2.24, 2.45) is 0 Å². The molecule has 0 bridgehead atoms. The third-order valence-electron chi connectivity index (χ3n) is 6.02. The van der Waals surface area contributed by atoms with Gasteiger partial charge in [-0.15, -0.1) is 0 Å². The van der Waals surface area contributed by atoms with Crippen LogP contribution in [0, 0.1) is 0 Å². The van der Waals surface area contributed by atoms with Gasteiger partial charge < -0.3 is 4.74 Å². The highest BCUT2D eigenvalue weighted by atomic mass is 16.5. The number of para-hydroxylation sites is 1. The van der Waals surface area contributed by atoms with Crippen LogP contribution in [0.5, 0.6) is 11.5 Å². The fourth-order valence-corrected chi connectivity index (χ4v) is 4.53. The molecule has 2 nitrogen and oxygen atoms in total. The van der Waals surface area contributed by atoms with E-state index in [1.165, 1.54) is 11.1 Å². The summed E-state index contributed by atoms with van der Waals surface area (Å²) in [7, 11) is 0. The van der Waals surface area contributed by atoms with Gasteiger partial charge in [-0.2, -0.15) is 0 Å². The van der Waals surface area contributed by atoms with Gasteiger partial charge in [0.1, 0.15) is 11.5 Å². The second kappa shape index (κ2) is 8.25. The molecule has 0 saturated carbocycles. The van der Waals surface area contributed by atoms with Gasteiger partial charge in [-0.25, -0.2) is 0 Å². The third kappa shape index (κ3) is 3.42. The first kappa shape index (κ1) is 19.3. The number of pyridine rings is 1. The first-order valence-electron chi connectivity index (χ1n) is 11.1. The Balaban J connectivity index is 1.63. The Hall–Kier alpha value is -4.43. The summed E-state index contributed by atoms with van der Waals surface area (Å²) in [5, 5.41) is 4.36. The van der Waals surface area contributed by atoms with Gasteiger partial charge in [-0.1, -0.05) is 103 Å². The molecule has 5 aromatic carbocycles. The van der Waals surface area contributed by atoms with Crippen LogP contribution in [0.15, 0.2) is 128 Å². The number of benzene rings is 5. The largest absolute Gasteiger partial charge is 0.455 e. The standard InChI is InChI=1S/C31H21NO/c1-3-11-22(12-4-1)24-15-9-10-18-29(24)33-31-26-17-8-7-16-25(26)30(23-13-5-2-6-14-23)28-21-32-20-19-27(28)31/h1-21H. The van der Waals surface area contributed by atoms with E-state index in [0.717, 1.165) is 44.2 Å². The van der Waals surface area contributed by atoms with Crippen LogP contribution in [-0.4, -0.2) is 4.98 Å². The van der Waals surface area contributed by atoms with E-state index in [1.54, 1.807) is 0 Å². The zero-order valence-corrected chi connectivity index (χ0v) is 18.0. The van der Waals surface area contributed by atoms with Crippen molar-refractivity contribution < 1.29 is 4.74 Å². The molecule has 0 aliphatic carbocycles. The summed E-state index contributed by atoms with van der Waals surface area (Å²) in [5.41, 5.74) is 4.54. The van der Waals surface area contributed by atoms with Crippen molar-refractivity contribution in [1.82, 2.24) is 4.98 Å². The first-order valence-corrected chi connectivity index (χ1v) is 11.1. The van der Waals surface area contributed by atoms with Crippen LogP contribution >= 0.6 is 0 Å². The van der Waals surface area contributed by atoms with Gasteiger partial charge in [0, 0.05) is 34.1 Å². The first-order chi connectivity index (χ1) is 16.4. The summed E-state index contributed by atoms with van der Waals surface area (Å²) in [5.74, 6) is 1.69. The van der Waals surface area contributed by atoms with E-state index >= 15 is 0 Å². The lowest BCUT2D eigenvalue weighted by Crippen LogP contribution is -1.94. The lowest BCUT2D eigenvalue weighted by Gasteiger charge is -2.18. The molecule has 2 heteroatoms. The van der Waals surface area contributed by atoms with Crippen LogP contribution in [0.4, 0.5) is 0 Å². The topological polar surface area (TPSA) is 22.1 Å². The quantitative estimate of drug-likeness (QED) is 0.265. The second-order valence-electron chi connectivity index (χ2n) is 8.00. The predicted octanol–water partition coefficient (Wildman–Crippen LogP) is 8.51. The van der Waals surface area contributed by atoms with Crippen LogP contribution in [0.1, 0.15) is 0 Å². The van der Waals surface area contributed by atoms with E-state index in [1.807, 2.05) is 42.7 Å². The number of nitrogens with zero attached hydrogens (tertiary/aromatic N) is 1. The van der Waals surface area contributed by atoms with Gasteiger partial charge in [0.05, 0.1) is 0 Å². The molecule has 0 atom stereocenters. The van der Waals surface area contributed by atoms with Crippen molar-refractivity contribution in [3.8, 4) is 33.8 Å². The average Bonchev–Trinajstić information content (AvgIpc) is 2.90. The Morgan fingerprint density at radius 3 is 1.88 bits per heavy atom. The maximum Gasteiger partial charge on any atom is 0.143 e. The monoisotopic (exact) mass is 423 g/mol. The molecule has 0 radical (unpaired) electrons. The minimum Gasteiger partial charge on any atom is -0.455 e.